The number of nitrogens with zero attached hydrogens (tertiary/aromatic N) is 1. The minimum Gasteiger partial charge on any atom is -0.497 e. The maximum Gasteiger partial charge on any atom is 0.230 e. The maximum atomic E-state index is 13.0. The maximum absolute atomic E-state index is 13.0. The van der Waals surface area contributed by atoms with Crippen LogP contribution in [0.5, 0.6) is 5.75 Å². The molecule has 1 fully saturated rings. The molecule has 4 rings (SSSR count). The van der Waals surface area contributed by atoms with Gasteiger partial charge in [0, 0.05) is 30.9 Å². The second-order valence-electron chi connectivity index (χ2n) is 6.81. The molecule has 138 valence electrons. The number of anilines is 1. The number of rotatable bonds is 4. The van der Waals surface area contributed by atoms with Crippen LogP contribution in [0.2, 0.25) is 0 Å². The normalized spacial score (nSPS) is 19.5. The van der Waals surface area contributed by atoms with Gasteiger partial charge in [-0.15, -0.1) is 0 Å². The Balaban J connectivity index is 1.61. The summed E-state index contributed by atoms with van der Waals surface area (Å²) >= 11 is 0. The summed E-state index contributed by atoms with van der Waals surface area (Å²) in [6.45, 7) is 0. The number of nitrogens with one attached hydrogen (secondary N) is 2. The summed E-state index contributed by atoms with van der Waals surface area (Å²) in [4.78, 5) is 30.1. The number of benzene rings is 2. The Bertz CT molecular complexity index is 1010. The van der Waals surface area contributed by atoms with Gasteiger partial charge in [-0.2, -0.15) is 0 Å². The molecule has 2 heterocycles. The Hall–Kier alpha value is -3.28. The molecule has 1 aliphatic rings. The summed E-state index contributed by atoms with van der Waals surface area (Å²) in [7, 11) is 3.34. The number of carbonyl (C=O) groups excluding carboxylic acids is 2. The van der Waals surface area contributed by atoms with Gasteiger partial charge in [0.2, 0.25) is 11.8 Å². The summed E-state index contributed by atoms with van der Waals surface area (Å²) in [5, 5.41) is 4.05. The molecule has 6 heteroatoms. The zero-order valence-electron chi connectivity index (χ0n) is 15.2. The monoisotopic (exact) mass is 363 g/mol. The number of H-pyrrole nitrogens is 1. The van der Waals surface area contributed by atoms with Crippen LogP contribution < -0.4 is 10.1 Å². The Morgan fingerprint density at radius 2 is 2.07 bits per heavy atom. The minimum absolute atomic E-state index is 0.0391. The van der Waals surface area contributed by atoms with Gasteiger partial charge in [0.05, 0.1) is 19.1 Å². The lowest BCUT2D eigenvalue weighted by atomic mass is 9.92. The third kappa shape index (κ3) is 3.14. The SMILES string of the molecule is COc1cccc([C@H]2[C@H](C(=O)Nc3ccc4cc[nH]c4c3)CC(=O)N2C)c1. The molecule has 1 aromatic heterocycles. The second kappa shape index (κ2) is 6.79. The quantitative estimate of drug-likeness (QED) is 0.747. The lowest BCUT2D eigenvalue weighted by molar-refractivity contribution is -0.127. The summed E-state index contributed by atoms with van der Waals surface area (Å²) in [6.07, 6.45) is 2.05. The first-order chi connectivity index (χ1) is 13.1. The first-order valence-electron chi connectivity index (χ1n) is 8.84. The van der Waals surface area contributed by atoms with E-state index >= 15 is 0 Å². The molecular formula is C21H21N3O3. The molecule has 27 heavy (non-hydrogen) atoms. The van der Waals surface area contributed by atoms with E-state index in [1.54, 1.807) is 19.1 Å². The van der Waals surface area contributed by atoms with Crippen molar-refractivity contribution < 1.29 is 14.3 Å². The van der Waals surface area contributed by atoms with Crippen molar-refractivity contribution in [2.75, 3.05) is 19.5 Å². The third-order valence-electron chi connectivity index (χ3n) is 5.18. The highest BCUT2D eigenvalue weighted by Crippen LogP contribution is 2.38. The number of fused-ring (bicyclic) bond motifs is 1. The van der Waals surface area contributed by atoms with Crippen molar-refractivity contribution in [3.8, 4) is 5.75 Å². The number of amides is 2. The smallest absolute Gasteiger partial charge is 0.230 e. The highest BCUT2D eigenvalue weighted by Gasteiger charge is 2.42. The van der Waals surface area contributed by atoms with Crippen molar-refractivity contribution in [1.29, 1.82) is 0 Å². The summed E-state index contributed by atoms with van der Waals surface area (Å²) in [5.41, 5.74) is 2.56. The van der Waals surface area contributed by atoms with Gasteiger partial charge in [-0.3, -0.25) is 9.59 Å². The molecule has 0 bridgehead atoms. The molecule has 1 aliphatic heterocycles. The number of likely N-dealkylation sites (tertiary alicyclic amines) is 1. The van der Waals surface area contributed by atoms with E-state index in [9.17, 15) is 9.59 Å². The summed E-state index contributed by atoms with van der Waals surface area (Å²) in [5.74, 6) is 0.0414. The molecule has 6 nitrogen and oxygen atoms in total. The number of aromatic nitrogens is 1. The molecule has 3 aromatic rings. The Labute approximate surface area is 157 Å². The van der Waals surface area contributed by atoms with E-state index in [-0.39, 0.29) is 24.3 Å². The van der Waals surface area contributed by atoms with E-state index in [2.05, 4.69) is 10.3 Å². The third-order valence-corrected chi connectivity index (χ3v) is 5.18. The molecule has 0 spiro atoms. The van der Waals surface area contributed by atoms with Gasteiger partial charge in [-0.05, 0) is 41.3 Å². The van der Waals surface area contributed by atoms with Crippen molar-refractivity contribution in [2.45, 2.75) is 12.5 Å². The van der Waals surface area contributed by atoms with E-state index < -0.39 is 5.92 Å². The molecule has 0 aliphatic carbocycles. The molecule has 2 N–H and O–H groups in total. The number of carbonyl (C=O) groups is 2. The zero-order chi connectivity index (χ0) is 19.0. The number of methoxy groups -OCH3 is 1. The van der Waals surface area contributed by atoms with Gasteiger partial charge in [-0.25, -0.2) is 0 Å². The van der Waals surface area contributed by atoms with Crippen LogP contribution >= 0.6 is 0 Å². The second-order valence-corrected chi connectivity index (χ2v) is 6.81. The van der Waals surface area contributed by atoms with Gasteiger partial charge in [0.15, 0.2) is 0 Å². The molecule has 0 unspecified atom stereocenters. The molecule has 2 atom stereocenters. The molecule has 1 saturated heterocycles. The first kappa shape index (κ1) is 17.1. The van der Waals surface area contributed by atoms with Crippen LogP contribution in [0, 0.1) is 5.92 Å². The lowest BCUT2D eigenvalue weighted by Gasteiger charge is -2.25. The van der Waals surface area contributed by atoms with Crippen molar-refractivity contribution in [3.63, 3.8) is 0 Å². The summed E-state index contributed by atoms with van der Waals surface area (Å²) < 4.78 is 5.29. The highest BCUT2D eigenvalue weighted by molar-refractivity contribution is 5.99. The fourth-order valence-corrected chi connectivity index (χ4v) is 3.75. The zero-order valence-corrected chi connectivity index (χ0v) is 15.2. The van der Waals surface area contributed by atoms with Gasteiger partial charge in [0.25, 0.3) is 0 Å². The van der Waals surface area contributed by atoms with Crippen LogP contribution in [-0.4, -0.2) is 35.9 Å². The van der Waals surface area contributed by atoms with Gasteiger partial charge in [0.1, 0.15) is 5.75 Å². The van der Waals surface area contributed by atoms with E-state index in [1.165, 1.54) is 0 Å². The first-order valence-corrected chi connectivity index (χ1v) is 8.84. The predicted molar refractivity (Wildman–Crippen MR) is 104 cm³/mol. The fraction of sp³-hybridized carbons (Fsp3) is 0.238. The van der Waals surface area contributed by atoms with Crippen molar-refractivity contribution in [1.82, 2.24) is 9.88 Å². The van der Waals surface area contributed by atoms with E-state index in [0.717, 1.165) is 16.5 Å². The lowest BCUT2D eigenvalue weighted by Crippen LogP contribution is -2.30. The van der Waals surface area contributed by atoms with Crippen molar-refractivity contribution in [3.05, 3.63) is 60.3 Å². The Morgan fingerprint density at radius 3 is 2.89 bits per heavy atom. The molecule has 2 aromatic carbocycles. The van der Waals surface area contributed by atoms with Crippen LogP contribution in [-0.2, 0) is 9.59 Å². The van der Waals surface area contributed by atoms with E-state index in [1.807, 2.05) is 54.7 Å². The van der Waals surface area contributed by atoms with E-state index in [4.69, 9.17) is 4.74 Å². The van der Waals surface area contributed by atoms with Gasteiger partial charge >= 0.3 is 0 Å². The largest absolute Gasteiger partial charge is 0.497 e. The molecule has 0 radical (unpaired) electrons. The molecular weight excluding hydrogens is 342 g/mol. The van der Waals surface area contributed by atoms with Crippen LogP contribution in [0.25, 0.3) is 10.9 Å². The number of ether oxygens (including phenoxy) is 1. The summed E-state index contributed by atoms with van der Waals surface area (Å²) in [6, 6.07) is 14.9. The van der Waals surface area contributed by atoms with E-state index in [0.29, 0.717) is 11.4 Å². The number of aromatic amines is 1. The fourth-order valence-electron chi connectivity index (χ4n) is 3.75. The molecule has 2 amide bonds. The average Bonchev–Trinajstić information content (AvgIpc) is 3.26. The Kier molecular flexibility index (Phi) is 4.32. The Morgan fingerprint density at radius 1 is 1.22 bits per heavy atom. The van der Waals surface area contributed by atoms with Crippen LogP contribution in [0.3, 0.4) is 0 Å². The van der Waals surface area contributed by atoms with Gasteiger partial charge < -0.3 is 19.9 Å². The standard InChI is InChI=1S/C21H21N3O3/c1-24-19(25)12-17(20(24)14-4-3-5-16(10-14)27-2)21(26)23-15-7-6-13-8-9-22-18(13)11-15/h3-11,17,20,22H,12H2,1-2H3,(H,23,26)/t17-,20+/m1/s1. The predicted octanol–water partition coefficient (Wildman–Crippen LogP) is 3.33. The number of hydrogen-bond acceptors (Lipinski definition) is 3. The number of hydrogen-bond donors (Lipinski definition) is 2. The topological polar surface area (TPSA) is 74.4 Å². The van der Waals surface area contributed by atoms with Crippen LogP contribution in [0.1, 0.15) is 18.0 Å². The average molecular weight is 363 g/mol. The molecule has 0 saturated carbocycles. The van der Waals surface area contributed by atoms with Gasteiger partial charge in [-0.1, -0.05) is 18.2 Å². The van der Waals surface area contributed by atoms with Crippen molar-refractivity contribution in [2.24, 2.45) is 5.92 Å². The highest BCUT2D eigenvalue weighted by atomic mass is 16.5. The van der Waals surface area contributed by atoms with Crippen LogP contribution in [0.4, 0.5) is 5.69 Å². The van der Waals surface area contributed by atoms with Crippen LogP contribution in [0.15, 0.2) is 54.7 Å². The minimum atomic E-state index is -0.464. The van der Waals surface area contributed by atoms with Crippen molar-refractivity contribution >= 4 is 28.4 Å².